The van der Waals surface area contributed by atoms with Crippen molar-refractivity contribution in [3.05, 3.63) is 0 Å². The Labute approximate surface area is 108 Å². The van der Waals surface area contributed by atoms with Crippen molar-refractivity contribution in [2.24, 2.45) is 17.8 Å². The van der Waals surface area contributed by atoms with Crippen LogP contribution < -0.4 is 5.32 Å². The normalized spacial score (nSPS) is 34.6. The number of amides is 1. The maximum Gasteiger partial charge on any atom is 0.224 e. The third kappa shape index (κ3) is 3.23. The van der Waals surface area contributed by atoms with E-state index in [1.165, 1.54) is 0 Å². The van der Waals surface area contributed by atoms with E-state index in [2.05, 4.69) is 5.32 Å². The molecule has 5 nitrogen and oxygen atoms in total. The minimum atomic E-state index is -2.99. The minimum absolute atomic E-state index is 0.00702. The maximum atomic E-state index is 11.8. The molecule has 1 saturated carbocycles. The van der Waals surface area contributed by atoms with Crippen LogP contribution in [-0.4, -0.2) is 44.1 Å². The van der Waals surface area contributed by atoms with E-state index >= 15 is 0 Å². The van der Waals surface area contributed by atoms with Crippen molar-refractivity contribution in [1.29, 1.82) is 0 Å². The Morgan fingerprint density at radius 3 is 2.56 bits per heavy atom. The molecule has 1 amide bonds. The van der Waals surface area contributed by atoms with Crippen LogP contribution in [0, 0.1) is 17.8 Å². The number of carbonyl (C=O) groups excluding carboxylic acids is 1. The summed E-state index contributed by atoms with van der Waals surface area (Å²) in [4.78, 5) is 11.8. The van der Waals surface area contributed by atoms with Crippen molar-refractivity contribution >= 4 is 15.7 Å². The summed E-state index contributed by atoms with van der Waals surface area (Å²) in [6, 6.07) is 0. The van der Waals surface area contributed by atoms with Gasteiger partial charge in [0.15, 0.2) is 9.84 Å². The Kier molecular flexibility index (Phi) is 4.27. The van der Waals surface area contributed by atoms with E-state index in [-0.39, 0.29) is 35.9 Å². The van der Waals surface area contributed by atoms with Gasteiger partial charge in [0.1, 0.15) is 0 Å². The minimum Gasteiger partial charge on any atom is -0.396 e. The van der Waals surface area contributed by atoms with Gasteiger partial charge >= 0.3 is 0 Å². The molecule has 0 aromatic carbocycles. The fourth-order valence-electron chi connectivity index (χ4n) is 3.00. The van der Waals surface area contributed by atoms with E-state index in [1.54, 1.807) is 0 Å². The summed E-state index contributed by atoms with van der Waals surface area (Å²) in [5, 5.41) is 12.0. The van der Waals surface area contributed by atoms with Crippen molar-refractivity contribution in [2.75, 3.05) is 24.7 Å². The Bertz CT molecular complexity index is 406. The Hall–Kier alpha value is -0.620. The van der Waals surface area contributed by atoms with Gasteiger partial charge in [0.25, 0.3) is 0 Å². The van der Waals surface area contributed by atoms with Crippen molar-refractivity contribution in [3.8, 4) is 0 Å². The number of hydrogen-bond acceptors (Lipinski definition) is 4. The predicted octanol–water partition coefficient (Wildman–Crippen LogP) is -0.0541. The molecule has 104 valence electrons. The number of nitrogens with one attached hydrogen (secondary N) is 1. The number of carbonyl (C=O) groups is 1. The lowest BCUT2D eigenvalue weighted by Gasteiger charge is -2.18. The third-order valence-electron chi connectivity index (χ3n) is 4.19. The first-order valence-corrected chi connectivity index (χ1v) is 8.43. The van der Waals surface area contributed by atoms with Gasteiger partial charge < -0.3 is 10.4 Å². The van der Waals surface area contributed by atoms with Crippen LogP contribution in [0.15, 0.2) is 0 Å². The first-order chi connectivity index (χ1) is 8.52. The van der Waals surface area contributed by atoms with Crippen molar-refractivity contribution in [1.82, 2.24) is 5.32 Å². The average Bonchev–Trinajstić information content (AvgIpc) is 2.91. The summed E-state index contributed by atoms with van der Waals surface area (Å²) in [5.74, 6) is 0.249. The number of aliphatic hydroxyl groups is 1. The molecule has 2 rings (SSSR count). The van der Waals surface area contributed by atoms with Crippen LogP contribution in [0.25, 0.3) is 0 Å². The smallest absolute Gasteiger partial charge is 0.224 e. The van der Waals surface area contributed by atoms with E-state index < -0.39 is 9.84 Å². The zero-order chi connectivity index (χ0) is 13.2. The highest BCUT2D eigenvalue weighted by molar-refractivity contribution is 7.91. The van der Waals surface area contributed by atoms with Crippen LogP contribution in [0.1, 0.15) is 25.7 Å². The second-order valence-electron chi connectivity index (χ2n) is 5.48. The summed E-state index contributed by atoms with van der Waals surface area (Å²) >= 11 is 0. The van der Waals surface area contributed by atoms with E-state index in [4.69, 9.17) is 0 Å². The molecule has 3 unspecified atom stereocenters. The quantitative estimate of drug-likeness (QED) is 0.753. The Morgan fingerprint density at radius 1 is 1.22 bits per heavy atom. The van der Waals surface area contributed by atoms with Crippen LogP contribution >= 0.6 is 0 Å². The molecule has 1 heterocycles. The largest absolute Gasteiger partial charge is 0.396 e. The standard InChI is InChI=1S/C12H21NO4S/c14-7-10-3-1-2-9(10)6-13-12(15)11-4-5-18(16,17)8-11/h9-11,14H,1-8H2,(H,13,15). The molecule has 0 spiro atoms. The van der Waals surface area contributed by atoms with Crippen molar-refractivity contribution in [2.45, 2.75) is 25.7 Å². The molecule has 0 radical (unpaired) electrons. The number of rotatable bonds is 4. The van der Waals surface area contributed by atoms with Gasteiger partial charge in [0, 0.05) is 13.2 Å². The van der Waals surface area contributed by atoms with Gasteiger partial charge in [-0.3, -0.25) is 4.79 Å². The second kappa shape index (κ2) is 5.57. The Morgan fingerprint density at radius 2 is 1.94 bits per heavy atom. The SMILES string of the molecule is O=C(NCC1CCCC1CO)C1CCS(=O)(=O)C1. The lowest BCUT2D eigenvalue weighted by molar-refractivity contribution is -0.124. The van der Waals surface area contributed by atoms with Gasteiger partial charge in [-0.15, -0.1) is 0 Å². The predicted molar refractivity (Wildman–Crippen MR) is 67.7 cm³/mol. The summed E-state index contributed by atoms with van der Waals surface area (Å²) in [6.07, 6.45) is 3.61. The zero-order valence-corrected chi connectivity index (χ0v) is 11.3. The average molecular weight is 275 g/mol. The van der Waals surface area contributed by atoms with Gasteiger partial charge in [-0.2, -0.15) is 0 Å². The van der Waals surface area contributed by atoms with Crippen LogP contribution in [0.2, 0.25) is 0 Å². The van der Waals surface area contributed by atoms with Crippen LogP contribution in [0.5, 0.6) is 0 Å². The molecule has 3 atom stereocenters. The first kappa shape index (κ1) is 13.8. The maximum absolute atomic E-state index is 11.8. The molecule has 1 aliphatic heterocycles. The summed E-state index contributed by atoms with van der Waals surface area (Å²) in [5.41, 5.74) is 0. The molecule has 1 saturated heterocycles. The van der Waals surface area contributed by atoms with E-state index in [0.717, 1.165) is 19.3 Å². The molecule has 18 heavy (non-hydrogen) atoms. The van der Waals surface area contributed by atoms with Gasteiger partial charge in [-0.05, 0) is 31.1 Å². The van der Waals surface area contributed by atoms with Gasteiger partial charge in [-0.1, -0.05) is 6.42 Å². The molecule has 0 aromatic rings. The van der Waals surface area contributed by atoms with Crippen molar-refractivity contribution < 1.29 is 18.3 Å². The molecule has 2 aliphatic rings. The highest BCUT2D eigenvalue weighted by atomic mass is 32.2. The Balaban J connectivity index is 1.78. The lowest BCUT2D eigenvalue weighted by atomic mass is 9.96. The van der Waals surface area contributed by atoms with E-state index in [9.17, 15) is 18.3 Å². The zero-order valence-electron chi connectivity index (χ0n) is 10.5. The summed E-state index contributed by atoms with van der Waals surface area (Å²) in [6.45, 7) is 0.749. The number of aliphatic hydroxyl groups excluding tert-OH is 1. The van der Waals surface area contributed by atoms with Crippen molar-refractivity contribution in [3.63, 3.8) is 0 Å². The third-order valence-corrected chi connectivity index (χ3v) is 5.96. The molecule has 1 aliphatic carbocycles. The first-order valence-electron chi connectivity index (χ1n) is 6.61. The molecular formula is C12H21NO4S. The van der Waals surface area contributed by atoms with Crippen LogP contribution in [0.4, 0.5) is 0 Å². The highest BCUT2D eigenvalue weighted by Crippen LogP contribution is 2.30. The molecule has 2 N–H and O–H groups in total. The number of hydrogen-bond donors (Lipinski definition) is 2. The topological polar surface area (TPSA) is 83.5 Å². The molecule has 2 fully saturated rings. The molecule has 0 bridgehead atoms. The lowest BCUT2D eigenvalue weighted by Crippen LogP contribution is -2.36. The van der Waals surface area contributed by atoms with Gasteiger partial charge in [0.05, 0.1) is 17.4 Å². The van der Waals surface area contributed by atoms with Crippen LogP contribution in [0.3, 0.4) is 0 Å². The fourth-order valence-corrected chi connectivity index (χ4v) is 4.74. The highest BCUT2D eigenvalue weighted by Gasteiger charge is 2.34. The van der Waals surface area contributed by atoms with Gasteiger partial charge in [-0.25, -0.2) is 8.42 Å². The fraction of sp³-hybridized carbons (Fsp3) is 0.917. The van der Waals surface area contributed by atoms with Crippen LogP contribution in [-0.2, 0) is 14.6 Å². The van der Waals surface area contributed by atoms with E-state index in [0.29, 0.717) is 18.9 Å². The number of sulfone groups is 1. The van der Waals surface area contributed by atoms with E-state index in [1.807, 2.05) is 0 Å². The summed E-state index contributed by atoms with van der Waals surface area (Å²) in [7, 11) is -2.99. The second-order valence-corrected chi connectivity index (χ2v) is 7.71. The summed E-state index contributed by atoms with van der Waals surface area (Å²) < 4.78 is 22.6. The monoisotopic (exact) mass is 275 g/mol. The molecule has 6 heteroatoms. The molecular weight excluding hydrogens is 254 g/mol. The molecule has 0 aromatic heterocycles. The van der Waals surface area contributed by atoms with Gasteiger partial charge in [0.2, 0.25) is 5.91 Å².